The normalized spacial score (nSPS) is 18.4. The van der Waals surface area contributed by atoms with Crippen LogP contribution in [0.15, 0.2) is 48.5 Å². The van der Waals surface area contributed by atoms with Gasteiger partial charge in [0.1, 0.15) is 0 Å². The van der Waals surface area contributed by atoms with Crippen LogP contribution in [0.25, 0.3) is 0 Å². The maximum absolute atomic E-state index is 12.7. The first-order valence-corrected chi connectivity index (χ1v) is 10.4. The summed E-state index contributed by atoms with van der Waals surface area (Å²) in [5, 5.41) is 0. The minimum Gasteiger partial charge on any atom is -0.300 e. The summed E-state index contributed by atoms with van der Waals surface area (Å²) in [5.41, 5.74) is 1.15. The van der Waals surface area contributed by atoms with Crippen molar-refractivity contribution in [3.63, 3.8) is 0 Å². The number of imide groups is 1. The van der Waals surface area contributed by atoms with E-state index in [0.717, 1.165) is 50.3 Å². The number of carbonyl (C=O) groups is 2. The molecule has 0 aromatic heterocycles. The molecular formula is C23H24F3N3O2. The lowest BCUT2D eigenvalue weighted by Gasteiger charge is -2.24. The summed E-state index contributed by atoms with van der Waals surface area (Å²) >= 11 is 0. The average molecular weight is 431 g/mol. The minimum absolute atomic E-state index is 0.237. The van der Waals surface area contributed by atoms with Gasteiger partial charge in [0.05, 0.1) is 16.7 Å². The third-order valence-electron chi connectivity index (χ3n) is 5.89. The lowest BCUT2D eigenvalue weighted by atomic mass is 10.1. The van der Waals surface area contributed by atoms with E-state index >= 15 is 0 Å². The van der Waals surface area contributed by atoms with Gasteiger partial charge < -0.3 is 4.90 Å². The Labute approximate surface area is 179 Å². The highest BCUT2D eigenvalue weighted by molar-refractivity contribution is 6.21. The minimum atomic E-state index is -4.32. The predicted molar refractivity (Wildman–Crippen MR) is 110 cm³/mol. The number of hydrogen-bond acceptors (Lipinski definition) is 4. The zero-order chi connectivity index (χ0) is 22.0. The van der Waals surface area contributed by atoms with Gasteiger partial charge in [-0.05, 0) is 49.3 Å². The zero-order valence-electron chi connectivity index (χ0n) is 17.1. The molecule has 164 valence electrons. The topological polar surface area (TPSA) is 43.9 Å². The number of alkyl halides is 3. The summed E-state index contributed by atoms with van der Waals surface area (Å²) in [5.74, 6) is -0.473. The number of nitrogens with zero attached hydrogens (tertiary/aromatic N) is 3. The summed E-state index contributed by atoms with van der Waals surface area (Å²) in [7, 11) is 0. The highest BCUT2D eigenvalue weighted by Crippen LogP contribution is 2.29. The Kier molecular flexibility index (Phi) is 6.11. The number of carbonyl (C=O) groups excluding carboxylic acids is 2. The Morgan fingerprint density at radius 3 is 1.94 bits per heavy atom. The van der Waals surface area contributed by atoms with Gasteiger partial charge in [0, 0.05) is 32.7 Å². The molecule has 0 bridgehead atoms. The molecule has 0 saturated carbocycles. The molecule has 2 amide bonds. The van der Waals surface area contributed by atoms with E-state index in [9.17, 15) is 22.8 Å². The Balaban J connectivity index is 1.28. The fourth-order valence-electron chi connectivity index (χ4n) is 4.15. The SMILES string of the molecule is O=C1c2ccccc2C(=O)N1CCN1CCCN(Cc2ccc(C(F)(F)F)cc2)CC1. The van der Waals surface area contributed by atoms with Crippen molar-refractivity contribution in [2.45, 2.75) is 19.1 Å². The van der Waals surface area contributed by atoms with Crippen molar-refractivity contribution in [1.29, 1.82) is 0 Å². The Morgan fingerprint density at radius 1 is 0.742 bits per heavy atom. The maximum atomic E-state index is 12.7. The second-order valence-corrected chi connectivity index (χ2v) is 7.97. The molecule has 0 spiro atoms. The molecule has 1 fully saturated rings. The van der Waals surface area contributed by atoms with E-state index in [4.69, 9.17) is 0 Å². The molecule has 4 rings (SSSR count). The van der Waals surface area contributed by atoms with Crippen LogP contribution in [0.3, 0.4) is 0 Å². The van der Waals surface area contributed by atoms with Crippen molar-refractivity contribution in [2.24, 2.45) is 0 Å². The molecule has 1 saturated heterocycles. The fraction of sp³-hybridized carbons (Fsp3) is 0.391. The molecule has 0 atom stereocenters. The maximum Gasteiger partial charge on any atom is 0.416 e. The molecule has 5 nitrogen and oxygen atoms in total. The molecule has 2 aromatic carbocycles. The molecule has 0 N–H and O–H groups in total. The lowest BCUT2D eigenvalue weighted by Crippen LogP contribution is -2.39. The molecule has 0 unspecified atom stereocenters. The van der Waals surface area contributed by atoms with E-state index in [0.29, 0.717) is 30.8 Å². The van der Waals surface area contributed by atoms with Crippen LogP contribution in [-0.4, -0.2) is 65.8 Å². The number of hydrogen-bond donors (Lipinski definition) is 0. The van der Waals surface area contributed by atoms with Gasteiger partial charge in [-0.1, -0.05) is 24.3 Å². The second kappa shape index (κ2) is 8.80. The lowest BCUT2D eigenvalue weighted by molar-refractivity contribution is -0.137. The molecule has 2 heterocycles. The van der Waals surface area contributed by atoms with Gasteiger partial charge in [0.2, 0.25) is 0 Å². The first kappa shape index (κ1) is 21.5. The molecule has 8 heteroatoms. The molecule has 0 aliphatic carbocycles. The first-order chi connectivity index (χ1) is 14.8. The average Bonchev–Trinajstić information content (AvgIpc) is 2.88. The molecular weight excluding hydrogens is 407 g/mol. The number of rotatable bonds is 5. The van der Waals surface area contributed by atoms with Crippen molar-refractivity contribution < 1.29 is 22.8 Å². The van der Waals surface area contributed by atoms with Crippen molar-refractivity contribution >= 4 is 11.8 Å². The van der Waals surface area contributed by atoms with E-state index in [1.807, 2.05) is 0 Å². The van der Waals surface area contributed by atoms with Gasteiger partial charge in [-0.3, -0.25) is 19.4 Å². The number of halogens is 3. The van der Waals surface area contributed by atoms with E-state index in [2.05, 4.69) is 9.80 Å². The van der Waals surface area contributed by atoms with Crippen LogP contribution in [0.2, 0.25) is 0 Å². The van der Waals surface area contributed by atoms with Crippen LogP contribution < -0.4 is 0 Å². The highest BCUT2D eigenvalue weighted by atomic mass is 19.4. The number of benzene rings is 2. The third-order valence-corrected chi connectivity index (χ3v) is 5.89. The van der Waals surface area contributed by atoms with Crippen LogP contribution in [-0.2, 0) is 12.7 Å². The van der Waals surface area contributed by atoms with Crippen LogP contribution in [0.4, 0.5) is 13.2 Å². The van der Waals surface area contributed by atoms with Gasteiger partial charge >= 0.3 is 6.18 Å². The van der Waals surface area contributed by atoms with Crippen molar-refractivity contribution in [3.8, 4) is 0 Å². The third kappa shape index (κ3) is 4.80. The van der Waals surface area contributed by atoms with Gasteiger partial charge in [-0.25, -0.2) is 0 Å². The van der Waals surface area contributed by atoms with E-state index in [1.54, 1.807) is 24.3 Å². The van der Waals surface area contributed by atoms with Crippen molar-refractivity contribution in [1.82, 2.24) is 14.7 Å². The number of fused-ring (bicyclic) bond motifs is 1. The van der Waals surface area contributed by atoms with Crippen LogP contribution in [0, 0.1) is 0 Å². The summed E-state index contributed by atoms with van der Waals surface area (Å²) < 4.78 is 38.2. The Morgan fingerprint density at radius 2 is 1.32 bits per heavy atom. The van der Waals surface area contributed by atoms with Crippen LogP contribution in [0.5, 0.6) is 0 Å². The van der Waals surface area contributed by atoms with Crippen molar-refractivity contribution in [3.05, 3.63) is 70.8 Å². The fourth-order valence-corrected chi connectivity index (χ4v) is 4.15. The summed E-state index contributed by atoms with van der Waals surface area (Å²) in [4.78, 5) is 30.8. The van der Waals surface area contributed by atoms with Crippen LogP contribution in [0.1, 0.15) is 38.3 Å². The monoisotopic (exact) mass is 431 g/mol. The molecule has 2 aromatic rings. The number of amides is 2. The van der Waals surface area contributed by atoms with Crippen molar-refractivity contribution in [2.75, 3.05) is 39.3 Å². The first-order valence-electron chi connectivity index (χ1n) is 10.4. The Hall–Kier alpha value is -2.71. The van der Waals surface area contributed by atoms with E-state index < -0.39 is 11.7 Å². The standard InChI is InChI=1S/C23H24F3N3O2/c24-23(25,26)18-8-6-17(7-9-18)16-28-11-3-10-27(12-13-28)14-15-29-21(30)19-4-1-2-5-20(19)22(29)31/h1-2,4-9H,3,10-16H2. The summed E-state index contributed by atoms with van der Waals surface area (Å²) in [6.45, 7) is 4.83. The molecule has 31 heavy (non-hydrogen) atoms. The van der Waals surface area contributed by atoms with Gasteiger partial charge in [-0.15, -0.1) is 0 Å². The summed E-state index contributed by atoms with van der Waals surface area (Å²) in [6, 6.07) is 12.2. The second-order valence-electron chi connectivity index (χ2n) is 7.97. The molecule has 2 aliphatic rings. The molecule has 0 radical (unpaired) electrons. The smallest absolute Gasteiger partial charge is 0.300 e. The van der Waals surface area contributed by atoms with E-state index in [-0.39, 0.29) is 11.8 Å². The zero-order valence-corrected chi connectivity index (χ0v) is 17.1. The van der Waals surface area contributed by atoms with Gasteiger partial charge in [0.25, 0.3) is 11.8 Å². The molecule has 2 aliphatic heterocycles. The van der Waals surface area contributed by atoms with Gasteiger partial charge in [-0.2, -0.15) is 13.2 Å². The van der Waals surface area contributed by atoms with E-state index in [1.165, 1.54) is 17.0 Å². The van der Waals surface area contributed by atoms with Crippen LogP contribution >= 0.6 is 0 Å². The highest BCUT2D eigenvalue weighted by Gasteiger charge is 2.35. The predicted octanol–water partition coefficient (Wildman–Crippen LogP) is 3.51. The largest absolute Gasteiger partial charge is 0.416 e. The Bertz CT molecular complexity index is 924. The summed E-state index contributed by atoms with van der Waals surface area (Å²) in [6.07, 6.45) is -3.40. The quantitative estimate of drug-likeness (QED) is 0.680. The van der Waals surface area contributed by atoms with Gasteiger partial charge in [0.15, 0.2) is 0 Å².